The fourth-order valence-electron chi connectivity index (χ4n) is 6.01. The first-order valence-electron chi connectivity index (χ1n) is 15.1. The summed E-state index contributed by atoms with van der Waals surface area (Å²) in [4.78, 5) is 28.6. The summed E-state index contributed by atoms with van der Waals surface area (Å²) in [6.07, 6.45) is -2.14. The fraction of sp³-hybridized carbons (Fsp3) is 0.324. The van der Waals surface area contributed by atoms with Crippen LogP contribution in [0.15, 0.2) is 60.8 Å². The van der Waals surface area contributed by atoms with Crippen molar-refractivity contribution >= 4 is 34.6 Å². The lowest BCUT2D eigenvalue weighted by molar-refractivity contribution is -0.138. The van der Waals surface area contributed by atoms with Gasteiger partial charge in [0.05, 0.1) is 16.9 Å². The molecular weight excluding hydrogens is 598 g/mol. The van der Waals surface area contributed by atoms with Crippen LogP contribution in [0.5, 0.6) is 0 Å². The summed E-state index contributed by atoms with van der Waals surface area (Å²) in [7, 11) is 2.06. The monoisotopic (exact) mass is 633 g/mol. The molecule has 1 aromatic heterocycles. The van der Waals surface area contributed by atoms with Crippen molar-refractivity contribution < 1.29 is 22.4 Å². The van der Waals surface area contributed by atoms with Crippen LogP contribution >= 0.6 is 0 Å². The number of hydrogen-bond acceptors (Lipinski definition) is 7. The molecule has 1 fully saturated rings. The van der Waals surface area contributed by atoms with Gasteiger partial charge in [-0.05, 0) is 74.5 Å². The maximum Gasteiger partial charge on any atom is 0.416 e. The van der Waals surface area contributed by atoms with Crippen LogP contribution in [-0.2, 0) is 19.1 Å². The SMILES string of the molecule is Cc1ccc(NC(=O)c2cccc(C(F)(F)F)c2C)cc1N1CCc2nc(Nc3ccc(N4CCN(C)CC4)c(F)c3)ncc2C1. The molecule has 2 N–H and O–H groups in total. The summed E-state index contributed by atoms with van der Waals surface area (Å²) in [5.41, 5.74) is 4.39. The lowest BCUT2D eigenvalue weighted by Gasteiger charge is -2.34. The number of benzene rings is 3. The van der Waals surface area contributed by atoms with E-state index in [2.05, 4.69) is 37.4 Å². The van der Waals surface area contributed by atoms with Crippen molar-refractivity contribution in [2.75, 3.05) is 60.2 Å². The average molecular weight is 634 g/mol. The number of carbonyl (C=O) groups excluding carboxylic acids is 1. The van der Waals surface area contributed by atoms with E-state index in [4.69, 9.17) is 4.98 Å². The highest BCUT2D eigenvalue weighted by atomic mass is 19.4. The molecule has 1 saturated heterocycles. The van der Waals surface area contributed by atoms with Crippen molar-refractivity contribution in [2.24, 2.45) is 0 Å². The standard InChI is InChI=1S/C34H35F4N7O/c1-21-7-8-25(40-32(46)26-5-4-6-27(22(26)2)34(36,37)38)18-31(21)45-12-11-29-23(20-45)19-39-33(42-29)41-24-9-10-30(28(35)17-24)44-15-13-43(3)14-16-44/h4-10,17-19H,11-16,20H2,1-3H3,(H,40,46)(H,39,41,42). The summed E-state index contributed by atoms with van der Waals surface area (Å²) in [5, 5.41) is 5.90. The van der Waals surface area contributed by atoms with Crippen LogP contribution in [0.3, 0.4) is 0 Å². The Hall–Kier alpha value is -4.71. The predicted molar refractivity (Wildman–Crippen MR) is 171 cm³/mol. The molecule has 0 aliphatic carbocycles. The Labute approximate surface area is 265 Å². The molecule has 0 saturated carbocycles. The Balaban J connectivity index is 1.13. The van der Waals surface area contributed by atoms with Gasteiger partial charge in [0.15, 0.2) is 0 Å². The third-order valence-corrected chi connectivity index (χ3v) is 8.67. The van der Waals surface area contributed by atoms with Crippen LogP contribution in [0.1, 0.15) is 38.3 Å². The van der Waals surface area contributed by atoms with Gasteiger partial charge in [-0.15, -0.1) is 0 Å². The third-order valence-electron chi connectivity index (χ3n) is 8.67. The molecule has 0 bridgehead atoms. The molecule has 2 aliphatic rings. The minimum absolute atomic E-state index is 0.0286. The number of likely N-dealkylation sites (N-methyl/N-ethyl adjacent to an activating group) is 1. The molecule has 4 aromatic rings. The first-order valence-corrected chi connectivity index (χ1v) is 15.1. The van der Waals surface area contributed by atoms with E-state index >= 15 is 4.39 Å². The molecule has 12 heteroatoms. The van der Waals surface area contributed by atoms with Gasteiger partial charge in [-0.25, -0.2) is 14.4 Å². The van der Waals surface area contributed by atoms with Crippen LogP contribution in [0.25, 0.3) is 0 Å². The number of anilines is 5. The van der Waals surface area contributed by atoms with Crippen LogP contribution in [0, 0.1) is 19.7 Å². The molecule has 0 unspecified atom stereocenters. The summed E-state index contributed by atoms with van der Waals surface area (Å²) in [6, 6.07) is 14.1. The number of piperazine rings is 1. The molecule has 2 aliphatic heterocycles. The molecular formula is C34H35F4N7O. The third kappa shape index (κ3) is 6.62. The Morgan fingerprint density at radius 2 is 1.65 bits per heavy atom. The lowest BCUT2D eigenvalue weighted by atomic mass is 10.0. The minimum atomic E-state index is -4.55. The second-order valence-corrected chi connectivity index (χ2v) is 11.8. The zero-order chi connectivity index (χ0) is 32.6. The topological polar surface area (TPSA) is 76.6 Å². The van der Waals surface area contributed by atoms with Crippen LogP contribution in [0.2, 0.25) is 0 Å². The van der Waals surface area contributed by atoms with Crippen LogP contribution in [0.4, 0.5) is 46.3 Å². The van der Waals surface area contributed by atoms with E-state index < -0.39 is 17.6 Å². The van der Waals surface area contributed by atoms with E-state index in [9.17, 15) is 18.0 Å². The van der Waals surface area contributed by atoms with E-state index in [1.165, 1.54) is 25.1 Å². The first kappa shape index (κ1) is 31.3. The van der Waals surface area contributed by atoms with Crippen molar-refractivity contribution in [3.05, 3.63) is 100 Å². The van der Waals surface area contributed by atoms with Crippen molar-refractivity contribution in [1.82, 2.24) is 14.9 Å². The summed E-state index contributed by atoms with van der Waals surface area (Å²) in [5.74, 6) is -0.503. The van der Waals surface area contributed by atoms with Crippen molar-refractivity contribution in [2.45, 2.75) is 33.0 Å². The Bertz CT molecular complexity index is 1770. The minimum Gasteiger partial charge on any atom is -0.367 e. The summed E-state index contributed by atoms with van der Waals surface area (Å²) < 4.78 is 55.1. The number of hydrogen-bond donors (Lipinski definition) is 2. The van der Waals surface area contributed by atoms with Gasteiger partial charge in [0.1, 0.15) is 5.82 Å². The van der Waals surface area contributed by atoms with Gasteiger partial charge in [0.25, 0.3) is 5.91 Å². The van der Waals surface area contributed by atoms with Gasteiger partial charge in [0.2, 0.25) is 5.95 Å². The smallest absolute Gasteiger partial charge is 0.367 e. The van der Waals surface area contributed by atoms with Gasteiger partial charge in [-0.2, -0.15) is 13.2 Å². The molecule has 0 atom stereocenters. The van der Waals surface area contributed by atoms with Crippen molar-refractivity contribution in [3.63, 3.8) is 0 Å². The number of carbonyl (C=O) groups is 1. The van der Waals surface area contributed by atoms with Crippen molar-refractivity contribution in [1.29, 1.82) is 0 Å². The van der Waals surface area contributed by atoms with Crippen LogP contribution < -0.4 is 20.4 Å². The van der Waals surface area contributed by atoms with E-state index in [0.717, 1.165) is 54.8 Å². The number of amides is 1. The number of fused-ring (bicyclic) bond motifs is 1. The number of aromatic nitrogens is 2. The zero-order valence-corrected chi connectivity index (χ0v) is 25.9. The molecule has 240 valence electrons. The second kappa shape index (κ2) is 12.6. The van der Waals surface area contributed by atoms with Gasteiger partial charge in [-0.3, -0.25) is 4.79 Å². The first-order chi connectivity index (χ1) is 22.0. The quantitative estimate of drug-likeness (QED) is 0.233. The summed E-state index contributed by atoms with van der Waals surface area (Å²) >= 11 is 0. The highest BCUT2D eigenvalue weighted by Crippen LogP contribution is 2.34. The molecule has 3 heterocycles. The highest BCUT2D eigenvalue weighted by molar-refractivity contribution is 6.05. The lowest BCUT2D eigenvalue weighted by Crippen LogP contribution is -2.44. The van der Waals surface area contributed by atoms with E-state index in [-0.39, 0.29) is 16.9 Å². The number of nitrogens with zero attached hydrogens (tertiary/aromatic N) is 5. The largest absolute Gasteiger partial charge is 0.416 e. The zero-order valence-electron chi connectivity index (χ0n) is 25.9. The molecule has 6 rings (SSSR count). The fourth-order valence-corrected chi connectivity index (χ4v) is 6.01. The Kier molecular flexibility index (Phi) is 8.56. The Morgan fingerprint density at radius 3 is 2.39 bits per heavy atom. The van der Waals surface area contributed by atoms with Gasteiger partial charge in [0, 0.05) is 80.1 Å². The van der Waals surface area contributed by atoms with Gasteiger partial charge >= 0.3 is 6.18 Å². The normalized spacial score (nSPS) is 15.5. The highest BCUT2D eigenvalue weighted by Gasteiger charge is 2.33. The van der Waals surface area contributed by atoms with E-state index in [1.54, 1.807) is 18.3 Å². The van der Waals surface area contributed by atoms with Gasteiger partial charge < -0.3 is 25.3 Å². The Morgan fingerprint density at radius 1 is 0.891 bits per heavy atom. The predicted octanol–water partition coefficient (Wildman–Crippen LogP) is 6.56. The summed E-state index contributed by atoms with van der Waals surface area (Å²) in [6.45, 7) is 7.81. The average Bonchev–Trinajstić information content (AvgIpc) is 3.02. The molecule has 46 heavy (non-hydrogen) atoms. The number of rotatable bonds is 6. The van der Waals surface area contributed by atoms with Gasteiger partial charge in [-0.1, -0.05) is 12.1 Å². The maximum atomic E-state index is 15.0. The van der Waals surface area contributed by atoms with Crippen molar-refractivity contribution in [3.8, 4) is 0 Å². The number of alkyl halides is 3. The number of aryl methyl sites for hydroxylation is 1. The van der Waals surface area contributed by atoms with Crippen LogP contribution in [-0.4, -0.2) is 60.5 Å². The molecule has 8 nitrogen and oxygen atoms in total. The molecule has 1 amide bonds. The number of nitrogens with one attached hydrogen (secondary N) is 2. The number of halogens is 4. The maximum absolute atomic E-state index is 15.0. The second-order valence-electron chi connectivity index (χ2n) is 11.8. The van der Waals surface area contributed by atoms with E-state index in [0.29, 0.717) is 42.5 Å². The molecule has 0 radical (unpaired) electrons. The molecule has 3 aromatic carbocycles. The molecule has 0 spiro atoms. The van der Waals surface area contributed by atoms with E-state index in [1.807, 2.05) is 25.1 Å².